The maximum Gasteiger partial charge on any atom is 0.202 e. The van der Waals surface area contributed by atoms with Crippen molar-refractivity contribution in [3.05, 3.63) is 56.6 Å². The normalized spacial score (nSPS) is 13.1. The Morgan fingerprint density at radius 1 is 0.885 bits per heavy atom. The fourth-order valence-corrected chi connectivity index (χ4v) is 3.50. The highest BCUT2D eigenvalue weighted by Gasteiger charge is 2.36. The molecule has 0 fully saturated rings. The lowest BCUT2D eigenvalue weighted by molar-refractivity contribution is 0.0968. The van der Waals surface area contributed by atoms with E-state index in [0.29, 0.717) is 38.2 Å². The summed E-state index contributed by atoms with van der Waals surface area (Å²) in [6.07, 6.45) is -0.245. The lowest BCUT2D eigenvalue weighted by Crippen LogP contribution is -2.25. The van der Waals surface area contributed by atoms with E-state index < -0.39 is 0 Å². The molecule has 0 spiro atoms. The Balaban J connectivity index is 2.29. The summed E-state index contributed by atoms with van der Waals surface area (Å²) in [6.45, 7) is 9.42. The number of hydrogen-bond acceptors (Lipinski definition) is 4. The predicted molar refractivity (Wildman–Crippen MR) is 104 cm³/mol. The molecule has 0 heterocycles. The smallest absolute Gasteiger partial charge is 0.202 e. The molecule has 1 aliphatic carbocycles. The third kappa shape index (κ3) is 3.05. The number of hydrogen-bond donors (Lipinski definition) is 0. The van der Waals surface area contributed by atoms with Crippen molar-refractivity contribution in [2.24, 2.45) is 0 Å². The Labute approximate surface area is 161 Å². The average molecular weight is 417 g/mol. The summed E-state index contributed by atoms with van der Waals surface area (Å²) in [6, 6.07) is 6.88. The number of carbonyl (C=O) groups excluding carboxylic acids is 2. The summed E-state index contributed by atoms with van der Waals surface area (Å²) in [4.78, 5) is 26.5. The molecule has 26 heavy (non-hydrogen) atoms. The highest BCUT2D eigenvalue weighted by atomic mass is 79.9. The lowest BCUT2D eigenvalue weighted by atomic mass is 9.82. The number of ketones is 2. The van der Waals surface area contributed by atoms with Gasteiger partial charge in [-0.2, -0.15) is 0 Å². The first-order valence-corrected chi connectivity index (χ1v) is 9.40. The Morgan fingerprint density at radius 2 is 1.54 bits per heavy atom. The molecule has 3 rings (SSSR count). The Hall–Kier alpha value is -2.14. The molecular formula is C21H21BrO4. The maximum absolute atomic E-state index is 13.4. The van der Waals surface area contributed by atoms with Gasteiger partial charge in [0.25, 0.3) is 0 Å². The van der Waals surface area contributed by atoms with E-state index in [2.05, 4.69) is 15.9 Å². The summed E-state index contributed by atoms with van der Waals surface area (Å²) in [5, 5.41) is 0. The average Bonchev–Trinajstić information content (AvgIpc) is 2.55. The molecule has 0 bridgehead atoms. The van der Waals surface area contributed by atoms with E-state index in [1.54, 1.807) is 24.3 Å². The molecule has 0 N–H and O–H groups in total. The molecule has 2 aromatic rings. The number of benzene rings is 2. The van der Waals surface area contributed by atoms with Crippen LogP contribution in [0.2, 0.25) is 0 Å². The highest BCUT2D eigenvalue weighted by molar-refractivity contribution is 9.10. The fourth-order valence-electron chi connectivity index (χ4n) is 3.09. The van der Waals surface area contributed by atoms with E-state index in [-0.39, 0.29) is 23.8 Å². The number of carbonyl (C=O) groups is 2. The van der Waals surface area contributed by atoms with E-state index in [4.69, 9.17) is 9.47 Å². The third-order valence-electron chi connectivity index (χ3n) is 4.09. The monoisotopic (exact) mass is 416 g/mol. The molecule has 0 atom stereocenters. The summed E-state index contributed by atoms with van der Waals surface area (Å²) < 4.78 is 12.4. The lowest BCUT2D eigenvalue weighted by Gasteiger charge is -2.25. The predicted octanol–water partition coefficient (Wildman–Crippen LogP) is 5.11. The van der Waals surface area contributed by atoms with Gasteiger partial charge >= 0.3 is 0 Å². The van der Waals surface area contributed by atoms with E-state index in [9.17, 15) is 9.59 Å². The van der Waals surface area contributed by atoms with Gasteiger partial charge in [0.2, 0.25) is 5.78 Å². The molecule has 4 nitrogen and oxygen atoms in total. The number of fused-ring (bicyclic) bond motifs is 2. The zero-order valence-electron chi connectivity index (χ0n) is 15.5. The van der Waals surface area contributed by atoms with Crippen LogP contribution in [0.15, 0.2) is 28.7 Å². The largest absolute Gasteiger partial charge is 0.490 e. The Bertz CT molecular complexity index is 913. The van der Waals surface area contributed by atoms with Gasteiger partial charge in [-0.3, -0.25) is 9.59 Å². The molecule has 0 saturated heterocycles. The van der Waals surface area contributed by atoms with Gasteiger partial charge in [0.1, 0.15) is 11.5 Å². The Kier molecular flexibility index (Phi) is 4.93. The van der Waals surface area contributed by atoms with Crippen LogP contribution in [0.3, 0.4) is 0 Å². The molecular weight excluding hydrogens is 396 g/mol. The first-order valence-electron chi connectivity index (χ1n) is 8.61. The zero-order valence-corrected chi connectivity index (χ0v) is 17.1. The molecule has 2 aromatic carbocycles. The maximum atomic E-state index is 13.4. The molecule has 0 radical (unpaired) electrons. The van der Waals surface area contributed by atoms with Gasteiger partial charge in [-0.05, 0) is 68.2 Å². The van der Waals surface area contributed by atoms with Gasteiger partial charge in [-0.1, -0.05) is 12.1 Å². The van der Waals surface area contributed by atoms with Crippen LogP contribution in [0.1, 0.15) is 65.1 Å². The van der Waals surface area contributed by atoms with Crippen LogP contribution >= 0.6 is 15.9 Å². The molecule has 0 amide bonds. The van der Waals surface area contributed by atoms with Gasteiger partial charge in [0.15, 0.2) is 5.78 Å². The third-order valence-corrected chi connectivity index (χ3v) is 5.07. The molecule has 136 valence electrons. The minimum absolute atomic E-state index is 0.109. The standard InChI is InChI=1S/C21H21BrO4/c1-10(2)25-15-8-6-7-13-16(15)20(24)17-14(19(13)23)9-12(5)18(22)21(17)26-11(3)4/h6-11H,1-5H3. The molecule has 0 unspecified atom stereocenters. The second-order valence-corrected chi connectivity index (χ2v) is 7.72. The van der Waals surface area contributed by atoms with E-state index in [1.807, 2.05) is 34.6 Å². The van der Waals surface area contributed by atoms with Gasteiger partial charge in [0, 0.05) is 11.1 Å². The summed E-state index contributed by atoms with van der Waals surface area (Å²) in [5.74, 6) is 0.405. The molecule has 5 heteroatoms. The summed E-state index contributed by atoms with van der Waals surface area (Å²) in [5.41, 5.74) is 2.20. The van der Waals surface area contributed by atoms with E-state index >= 15 is 0 Å². The molecule has 0 aromatic heterocycles. The van der Waals surface area contributed by atoms with Crippen LogP contribution in [0.4, 0.5) is 0 Å². The molecule has 0 saturated carbocycles. The van der Waals surface area contributed by atoms with Crippen LogP contribution in [0.5, 0.6) is 11.5 Å². The van der Waals surface area contributed by atoms with Crippen LogP contribution < -0.4 is 9.47 Å². The SMILES string of the molecule is Cc1cc2c(c(OC(C)C)c1Br)C(=O)c1c(OC(C)C)cccc1C2=O. The van der Waals surface area contributed by atoms with E-state index in [0.717, 1.165) is 5.56 Å². The van der Waals surface area contributed by atoms with E-state index in [1.165, 1.54) is 0 Å². The van der Waals surface area contributed by atoms with Crippen molar-refractivity contribution in [1.29, 1.82) is 0 Å². The summed E-state index contributed by atoms with van der Waals surface area (Å²) >= 11 is 3.51. The summed E-state index contributed by atoms with van der Waals surface area (Å²) in [7, 11) is 0. The van der Waals surface area contributed by atoms with Crippen LogP contribution in [0.25, 0.3) is 0 Å². The van der Waals surface area contributed by atoms with Crippen molar-refractivity contribution in [1.82, 2.24) is 0 Å². The van der Waals surface area contributed by atoms with Crippen molar-refractivity contribution >= 4 is 27.5 Å². The minimum Gasteiger partial charge on any atom is -0.490 e. The van der Waals surface area contributed by atoms with Crippen LogP contribution in [0, 0.1) is 6.92 Å². The number of rotatable bonds is 4. The van der Waals surface area contributed by atoms with Crippen molar-refractivity contribution in [3.8, 4) is 11.5 Å². The quantitative estimate of drug-likeness (QED) is 0.592. The van der Waals surface area contributed by atoms with Crippen LogP contribution in [-0.4, -0.2) is 23.8 Å². The second-order valence-electron chi connectivity index (χ2n) is 6.93. The fraction of sp³-hybridized carbons (Fsp3) is 0.333. The number of aryl methyl sites for hydroxylation is 1. The second kappa shape index (κ2) is 6.88. The van der Waals surface area contributed by atoms with Crippen molar-refractivity contribution < 1.29 is 19.1 Å². The van der Waals surface area contributed by atoms with Gasteiger partial charge < -0.3 is 9.47 Å². The molecule has 0 aliphatic heterocycles. The molecule has 1 aliphatic rings. The zero-order chi connectivity index (χ0) is 19.2. The van der Waals surface area contributed by atoms with Gasteiger partial charge in [-0.25, -0.2) is 0 Å². The van der Waals surface area contributed by atoms with Crippen molar-refractivity contribution in [2.45, 2.75) is 46.8 Å². The van der Waals surface area contributed by atoms with Crippen molar-refractivity contribution in [2.75, 3.05) is 0 Å². The van der Waals surface area contributed by atoms with Crippen molar-refractivity contribution in [3.63, 3.8) is 0 Å². The Morgan fingerprint density at radius 3 is 2.15 bits per heavy atom. The minimum atomic E-state index is -0.248. The van der Waals surface area contributed by atoms with Gasteiger partial charge in [-0.15, -0.1) is 0 Å². The number of halogens is 1. The first-order chi connectivity index (χ1) is 12.2. The van der Waals surface area contributed by atoms with Crippen LogP contribution in [-0.2, 0) is 0 Å². The highest BCUT2D eigenvalue weighted by Crippen LogP contribution is 2.42. The first kappa shape index (κ1) is 18.6. The van der Waals surface area contributed by atoms with Gasteiger partial charge in [0.05, 0.1) is 27.8 Å². The topological polar surface area (TPSA) is 52.6 Å². The number of ether oxygens (including phenoxy) is 2.